The lowest BCUT2D eigenvalue weighted by Gasteiger charge is -2.35. The number of sulfonamides is 1. The SMILES string of the molecule is COc1ccc(-c2oc3c(c2CC(=O)NCCc2ccc(S(N)(=O)=O)cc2)C(=O)C2(Oc4c(Cl)c(OC)cc(OC)c4C2=O)C(C)C3)cc1. The number of furan rings is 1. The van der Waals surface area contributed by atoms with Gasteiger partial charge in [-0.25, -0.2) is 13.6 Å². The summed E-state index contributed by atoms with van der Waals surface area (Å²) in [6.45, 7) is 1.94. The van der Waals surface area contributed by atoms with Crippen LogP contribution in [-0.2, 0) is 34.1 Å². The second-order valence-corrected chi connectivity index (χ2v) is 13.7. The van der Waals surface area contributed by atoms with E-state index >= 15 is 0 Å². The highest BCUT2D eigenvalue weighted by Gasteiger charge is 2.63. The number of rotatable bonds is 10. The summed E-state index contributed by atoms with van der Waals surface area (Å²) in [6.07, 6.45) is 0.300. The minimum Gasteiger partial charge on any atom is -0.497 e. The van der Waals surface area contributed by atoms with Crippen LogP contribution in [0.15, 0.2) is 63.9 Å². The molecule has 2 atom stereocenters. The number of ether oxygens (including phenoxy) is 4. The molecule has 2 unspecified atom stereocenters. The van der Waals surface area contributed by atoms with Crippen LogP contribution >= 0.6 is 11.6 Å². The van der Waals surface area contributed by atoms with Crippen molar-refractivity contribution >= 4 is 39.1 Å². The molecule has 3 aromatic carbocycles. The van der Waals surface area contributed by atoms with Gasteiger partial charge in [0.1, 0.15) is 39.4 Å². The molecule has 0 bridgehead atoms. The Morgan fingerprint density at radius 2 is 1.63 bits per heavy atom. The summed E-state index contributed by atoms with van der Waals surface area (Å²) in [5.41, 5.74) is -0.185. The van der Waals surface area contributed by atoms with Crippen LogP contribution in [0.25, 0.3) is 11.3 Å². The number of ketones is 2. The Labute approximate surface area is 287 Å². The second kappa shape index (κ2) is 12.9. The van der Waals surface area contributed by atoms with Gasteiger partial charge in [-0.05, 0) is 48.4 Å². The summed E-state index contributed by atoms with van der Waals surface area (Å²) in [7, 11) is 0.511. The van der Waals surface area contributed by atoms with E-state index in [-0.39, 0.29) is 57.7 Å². The molecule has 1 amide bonds. The molecule has 6 rings (SSSR count). The van der Waals surface area contributed by atoms with Gasteiger partial charge in [0, 0.05) is 36.1 Å². The lowest BCUT2D eigenvalue weighted by molar-refractivity contribution is -0.120. The first-order valence-corrected chi connectivity index (χ1v) is 17.2. The summed E-state index contributed by atoms with van der Waals surface area (Å²) < 4.78 is 51.9. The van der Waals surface area contributed by atoms with E-state index in [9.17, 15) is 22.8 Å². The molecule has 0 saturated carbocycles. The fraction of sp³-hybridized carbons (Fsp3) is 0.286. The minimum absolute atomic E-state index is 0.0122. The third kappa shape index (κ3) is 5.81. The Kier molecular flexibility index (Phi) is 8.94. The lowest BCUT2D eigenvalue weighted by atomic mass is 9.70. The first-order chi connectivity index (χ1) is 23.3. The summed E-state index contributed by atoms with van der Waals surface area (Å²) in [4.78, 5) is 42.4. The molecule has 1 aliphatic heterocycles. The van der Waals surface area contributed by atoms with E-state index in [4.69, 9.17) is 40.1 Å². The quantitative estimate of drug-likeness (QED) is 0.222. The van der Waals surface area contributed by atoms with Crippen LogP contribution in [0.2, 0.25) is 5.02 Å². The maximum atomic E-state index is 14.7. The Morgan fingerprint density at radius 3 is 2.24 bits per heavy atom. The Morgan fingerprint density at radius 1 is 0.980 bits per heavy atom. The number of fused-ring (bicyclic) bond motifs is 2. The van der Waals surface area contributed by atoms with Crippen molar-refractivity contribution in [3.63, 3.8) is 0 Å². The van der Waals surface area contributed by atoms with Crippen molar-refractivity contribution < 1.29 is 46.2 Å². The van der Waals surface area contributed by atoms with Gasteiger partial charge in [0.2, 0.25) is 33.1 Å². The number of methoxy groups -OCH3 is 3. The van der Waals surface area contributed by atoms with Crippen molar-refractivity contribution in [3.05, 3.63) is 87.6 Å². The van der Waals surface area contributed by atoms with Gasteiger partial charge in [-0.15, -0.1) is 0 Å². The number of Topliss-reactive ketones (excluding diaryl/α,β-unsaturated/α-hetero) is 2. The number of halogens is 1. The number of benzene rings is 3. The summed E-state index contributed by atoms with van der Waals surface area (Å²) in [6, 6.07) is 14.5. The van der Waals surface area contributed by atoms with Crippen LogP contribution in [-0.4, -0.2) is 59.4 Å². The van der Waals surface area contributed by atoms with Gasteiger partial charge in [0.05, 0.1) is 38.2 Å². The first kappa shape index (κ1) is 34.0. The maximum Gasteiger partial charge on any atom is 0.238 e. The summed E-state index contributed by atoms with van der Waals surface area (Å²) in [5.74, 6) is -0.771. The van der Waals surface area contributed by atoms with Gasteiger partial charge in [0.25, 0.3) is 0 Å². The molecule has 0 radical (unpaired) electrons. The number of carbonyl (C=O) groups excluding carboxylic acids is 3. The Hall–Kier alpha value is -4.85. The maximum absolute atomic E-state index is 14.7. The average molecular weight is 709 g/mol. The topological polar surface area (TPSA) is 173 Å². The highest BCUT2D eigenvalue weighted by Crippen LogP contribution is 2.54. The molecular formula is C35H33ClN2O10S. The Bertz CT molecular complexity index is 2090. The molecule has 1 aliphatic carbocycles. The Balaban J connectivity index is 1.35. The van der Waals surface area contributed by atoms with Crippen molar-refractivity contribution in [2.45, 2.75) is 36.7 Å². The molecular weight excluding hydrogens is 676 g/mol. The van der Waals surface area contributed by atoms with Gasteiger partial charge in [-0.2, -0.15) is 0 Å². The van der Waals surface area contributed by atoms with Crippen LogP contribution in [0.1, 0.15) is 44.5 Å². The third-order valence-electron chi connectivity index (χ3n) is 8.93. The van der Waals surface area contributed by atoms with Crippen LogP contribution in [0.4, 0.5) is 0 Å². The van der Waals surface area contributed by atoms with E-state index < -0.39 is 39.0 Å². The number of hydrogen-bond acceptors (Lipinski definition) is 10. The van der Waals surface area contributed by atoms with Crippen LogP contribution in [0.5, 0.6) is 23.0 Å². The van der Waals surface area contributed by atoms with E-state index in [2.05, 4.69) is 5.32 Å². The van der Waals surface area contributed by atoms with Crippen LogP contribution in [0, 0.1) is 5.92 Å². The molecule has 0 saturated heterocycles. The standard InChI is InChI=1S/C35H33ClN2O10S/c1-18-15-25-28(33(40)35(18)34(41)29-24(45-3)17-26(46-4)30(36)32(29)48-35)23(31(47-25)20-7-9-21(44-2)10-8-20)16-27(39)38-14-13-19-5-11-22(12-6-19)49(37,42)43/h5-12,17-18H,13-16H2,1-4H3,(H,38,39)(H2,37,42,43). The number of carbonyl (C=O) groups is 3. The van der Waals surface area contributed by atoms with Gasteiger partial charge >= 0.3 is 0 Å². The molecule has 4 aromatic rings. The van der Waals surface area contributed by atoms with Gasteiger partial charge in [-0.1, -0.05) is 30.7 Å². The largest absolute Gasteiger partial charge is 0.497 e. The number of nitrogens with two attached hydrogens (primary N) is 1. The number of hydrogen-bond donors (Lipinski definition) is 2. The van der Waals surface area contributed by atoms with Crippen molar-refractivity contribution in [2.75, 3.05) is 27.9 Å². The zero-order valence-electron chi connectivity index (χ0n) is 27.0. The zero-order valence-corrected chi connectivity index (χ0v) is 28.6. The van der Waals surface area contributed by atoms with Gasteiger partial charge in [0.15, 0.2) is 5.75 Å². The molecule has 49 heavy (non-hydrogen) atoms. The number of amides is 1. The van der Waals surface area contributed by atoms with Crippen LogP contribution in [0.3, 0.4) is 0 Å². The van der Waals surface area contributed by atoms with E-state index in [1.54, 1.807) is 43.3 Å². The molecule has 2 aliphatic rings. The molecule has 12 nitrogen and oxygen atoms in total. The lowest BCUT2D eigenvalue weighted by Crippen LogP contribution is -2.56. The van der Waals surface area contributed by atoms with Crippen LogP contribution < -0.4 is 29.4 Å². The first-order valence-electron chi connectivity index (χ1n) is 15.2. The summed E-state index contributed by atoms with van der Waals surface area (Å²) >= 11 is 6.59. The van der Waals surface area contributed by atoms with Crippen molar-refractivity contribution in [1.82, 2.24) is 5.32 Å². The van der Waals surface area contributed by atoms with Gasteiger partial charge < -0.3 is 28.7 Å². The second-order valence-electron chi connectivity index (χ2n) is 11.8. The molecule has 1 aromatic heterocycles. The van der Waals surface area contributed by atoms with E-state index in [1.807, 2.05) is 0 Å². The minimum atomic E-state index is -3.83. The van der Waals surface area contributed by atoms with Crippen molar-refractivity contribution in [2.24, 2.45) is 11.1 Å². The van der Waals surface area contributed by atoms with Gasteiger partial charge in [-0.3, -0.25) is 14.4 Å². The fourth-order valence-corrected chi connectivity index (χ4v) is 7.17. The molecule has 1 spiro atoms. The van der Waals surface area contributed by atoms with E-state index in [0.717, 1.165) is 5.56 Å². The van der Waals surface area contributed by atoms with E-state index in [1.165, 1.54) is 39.5 Å². The summed E-state index contributed by atoms with van der Waals surface area (Å²) in [5, 5.41) is 8.07. The van der Waals surface area contributed by atoms with Crippen molar-refractivity contribution in [3.8, 4) is 34.3 Å². The molecule has 256 valence electrons. The molecule has 3 N–H and O–H groups in total. The number of nitrogens with one attached hydrogen (secondary N) is 1. The molecule has 2 heterocycles. The monoisotopic (exact) mass is 708 g/mol. The highest BCUT2D eigenvalue weighted by atomic mass is 35.5. The highest BCUT2D eigenvalue weighted by molar-refractivity contribution is 7.89. The van der Waals surface area contributed by atoms with E-state index in [0.29, 0.717) is 34.8 Å². The smallest absolute Gasteiger partial charge is 0.238 e. The fourth-order valence-electron chi connectivity index (χ4n) is 6.39. The molecule has 0 fully saturated rings. The predicted octanol–water partition coefficient (Wildman–Crippen LogP) is 4.56. The third-order valence-corrected chi connectivity index (χ3v) is 10.2. The van der Waals surface area contributed by atoms with Crippen molar-refractivity contribution in [1.29, 1.82) is 0 Å². The normalized spacial score (nSPS) is 18.1. The predicted molar refractivity (Wildman–Crippen MR) is 178 cm³/mol. The number of primary sulfonamides is 1. The average Bonchev–Trinajstić information content (AvgIpc) is 3.60. The molecule has 14 heteroatoms. The zero-order chi connectivity index (χ0) is 35.2.